The van der Waals surface area contributed by atoms with Crippen LogP contribution in [0.1, 0.15) is 34.5 Å². The van der Waals surface area contributed by atoms with Gasteiger partial charge in [0.1, 0.15) is 5.82 Å². The van der Waals surface area contributed by atoms with Gasteiger partial charge in [0.25, 0.3) is 11.3 Å². The standard InChI is InChI=1S/C23H25N7O2/c1-14-7-9-17(10-8-14)13-24-22-28-23-26-16(3)18(21(32)30(23)29-22)11-12-20(31)27-19-6-4-5-15(2)25-19/h4-10H,11-13H2,1-3H3,(H,25,27,31)(H2,24,26,28,29). The number of anilines is 2. The van der Waals surface area contributed by atoms with Gasteiger partial charge in [0.2, 0.25) is 11.9 Å². The van der Waals surface area contributed by atoms with Crippen molar-refractivity contribution in [2.24, 2.45) is 0 Å². The molecule has 0 radical (unpaired) electrons. The SMILES string of the molecule is Cc1ccc(CNc2nc3nc(C)c(CCC(=O)Nc4cccc(C)n4)c(=O)n3[nH]2)cc1. The second-order valence-electron chi connectivity index (χ2n) is 7.74. The van der Waals surface area contributed by atoms with E-state index in [1.807, 2.05) is 50.2 Å². The molecule has 1 amide bonds. The maximum Gasteiger partial charge on any atom is 0.277 e. The Morgan fingerprint density at radius 1 is 1.03 bits per heavy atom. The fourth-order valence-electron chi connectivity index (χ4n) is 3.37. The van der Waals surface area contributed by atoms with Gasteiger partial charge in [0, 0.05) is 24.2 Å². The summed E-state index contributed by atoms with van der Waals surface area (Å²) in [6, 6.07) is 13.6. The second-order valence-corrected chi connectivity index (χ2v) is 7.74. The van der Waals surface area contributed by atoms with Crippen molar-refractivity contribution in [3.8, 4) is 0 Å². The summed E-state index contributed by atoms with van der Waals surface area (Å²) < 4.78 is 1.31. The minimum Gasteiger partial charge on any atom is -0.351 e. The molecule has 1 aromatic carbocycles. The normalized spacial score (nSPS) is 11.0. The van der Waals surface area contributed by atoms with Gasteiger partial charge in [-0.1, -0.05) is 35.9 Å². The van der Waals surface area contributed by atoms with E-state index in [-0.39, 0.29) is 30.1 Å². The van der Waals surface area contributed by atoms with Crippen molar-refractivity contribution in [1.82, 2.24) is 24.6 Å². The summed E-state index contributed by atoms with van der Waals surface area (Å²) in [7, 11) is 0. The van der Waals surface area contributed by atoms with Crippen LogP contribution in [-0.2, 0) is 17.8 Å². The highest BCUT2D eigenvalue weighted by Crippen LogP contribution is 2.10. The number of aryl methyl sites for hydroxylation is 3. The van der Waals surface area contributed by atoms with Crippen LogP contribution in [0.25, 0.3) is 5.78 Å². The Balaban J connectivity index is 1.45. The first-order valence-electron chi connectivity index (χ1n) is 10.4. The minimum atomic E-state index is -0.259. The molecule has 4 aromatic rings. The zero-order chi connectivity index (χ0) is 22.7. The molecule has 0 atom stereocenters. The van der Waals surface area contributed by atoms with E-state index < -0.39 is 0 Å². The van der Waals surface area contributed by atoms with Crippen molar-refractivity contribution in [3.05, 3.63) is 80.9 Å². The van der Waals surface area contributed by atoms with Crippen molar-refractivity contribution < 1.29 is 4.79 Å². The smallest absolute Gasteiger partial charge is 0.277 e. The third kappa shape index (κ3) is 4.83. The summed E-state index contributed by atoms with van der Waals surface area (Å²) in [5.74, 6) is 1.03. The van der Waals surface area contributed by atoms with Gasteiger partial charge >= 0.3 is 0 Å². The Morgan fingerprint density at radius 2 is 1.81 bits per heavy atom. The van der Waals surface area contributed by atoms with Gasteiger partial charge in [-0.15, -0.1) is 0 Å². The van der Waals surface area contributed by atoms with Crippen LogP contribution in [0.3, 0.4) is 0 Å². The third-order valence-electron chi connectivity index (χ3n) is 5.13. The van der Waals surface area contributed by atoms with Crippen molar-refractivity contribution in [1.29, 1.82) is 0 Å². The number of aromatic amines is 1. The molecule has 32 heavy (non-hydrogen) atoms. The lowest BCUT2D eigenvalue weighted by Gasteiger charge is -2.06. The number of benzene rings is 1. The number of hydrogen-bond donors (Lipinski definition) is 3. The Bertz CT molecular complexity index is 1320. The van der Waals surface area contributed by atoms with E-state index in [0.717, 1.165) is 11.3 Å². The Hall–Kier alpha value is -4.01. The van der Waals surface area contributed by atoms with Crippen LogP contribution < -0.4 is 16.2 Å². The van der Waals surface area contributed by atoms with Crippen LogP contribution in [0.15, 0.2) is 47.3 Å². The van der Waals surface area contributed by atoms with Crippen LogP contribution in [-0.4, -0.2) is 30.5 Å². The monoisotopic (exact) mass is 431 g/mol. The summed E-state index contributed by atoms with van der Waals surface area (Å²) in [6.07, 6.45) is 0.412. The Kier molecular flexibility index (Phi) is 5.98. The fraction of sp³-hybridized carbons (Fsp3) is 0.261. The van der Waals surface area contributed by atoms with Crippen molar-refractivity contribution in [3.63, 3.8) is 0 Å². The average Bonchev–Trinajstić information content (AvgIpc) is 3.16. The lowest BCUT2D eigenvalue weighted by Crippen LogP contribution is -2.23. The maximum atomic E-state index is 13.0. The number of carbonyl (C=O) groups excluding carboxylic acids is 1. The first kappa shape index (κ1) is 21.2. The molecule has 0 aliphatic carbocycles. The van der Waals surface area contributed by atoms with E-state index >= 15 is 0 Å². The number of H-pyrrole nitrogens is 1. The van der Waals surface area contributed by atoms with Gasteiger partial charge in [-0.2, -0.15) is 9.50 Å². The number of aromatic nitrogens is 5. The van der Waals surface area contributed by atoms with Crippen LogP contribution >= 0.6 is 0 Å². The number of pyridine rings is 1. The second kappa shape index (κ2) is 9.01. The van der Waals surface area contributed by atoms with Crippen molar-refractivity contribution in [2.45, 2.75) is 40.2 Å². The van der Waals surface area contributed by atoms with Crippen LogP contribution in [0.5, 0.6) is 0 Å². The molecular weight excluding hydrogens is 406 g/mol. The molecule has 3 N–H and O–H groups in total. The molecule has 9 heteroatoms. The number of carbonyl (C=O) groups is 1. The molecule has 0 saturated heterocycles. The first-order chi connectivity index (χ1) is 15.4. The zero-order valence-electron chi connectivity index (χ0n) is 18.3. The van der Waals surface area contributed by atoms with Gasteiger partial charge in [-0.3, -0.25) is 14.7 Å². The highest BCUT2D eigenvalue weighted by Gasteiger charge is 2.15. The van der Waals surface area contributed by atoms with E-state index in [9.17, 15) is 9.59 Å². The summed E-state index contributed by atoms with van der Waals surface area (Å²) in [6.45, 7) is 6.21. The van der Waals surface area contributed by atoms with E-state index in [2.05, 4.69) is 30.7 Å². The fourth-order valence-corrected chi connectivity index (χ4v) is 3.37. The predicted molar refractivity (Wildman–Crippen MR) is 123 cm³/mol. The number of rotatable bonds is 7. The van der Waals surface area contributed by atoms with Gasteiger partial charge < -0.3 is 10.6 Å². The maximum absolute atomic E-state index is 13.0. The topological polar surface area (TPSA) is 117 Å². The molecule has 0 bridgehead atoms. The largest absolute Gasteiger partial charge is 0.351 e. The Morgan fingerprint density at radius 3 is 2.56 bits per heavy atom. The summed E-state index contributed by atoms with van der Waals surface area (Å²) >= 11 is 0. The van der Waals surface area contributed by atoms with Crippen LogP contribution in [0.4, 0.5) is 11.8 Å². The van der Waals surface area contributed by atoms with Crippen LogP contribution in [0, 0.1) is 20.8 Å². The highest BCUT2D eigenvalue weighted by atomic mass is 16.1. The van der Waals surface area contributed by atoms with Gasteiger partial charge in [0.05, 0.1) is 5.69 Å². The molecule has 3 heterocycles. The van der Waals surface area contributed by atoms with Gasteiger partial charge in [-0.25, -0.2) is 9.97 Å². The first-order valence-corrected chi connectivity index (χ1v) is 10.4. The van der Waals surface area contributed by atoms with E-state index in [4.69, 9.17) is 0 Å². The molecule has 3 aromatic heterocycles. The number of amides is 1. The molecule has 164 valence electrons. The van der Waals surface area contributed by atoms with Gasteiger partial charge in [-0.05, 0) is 44.9 Å². The molecular formula is C23H25N7O2. The highest BCUT2D eigenvalue weighted by molar-refractivity contribution is 5.89. The van der Waals surface area contributed by atoms with Gasteiger partial charge in [0.15, 0.2) is 0 Å². The van der Waals surface area contributed by atoms with E-state index in [1.54, 1.807) is 13.0 Å². The number of nitrogens with one attached hydrogen (secondary N) is 3. The molecule has 0 spiro atoms. The van der Waals surface area contributed by atoms with Crippen LogP contribution in [0.2, 0.25) is 0 Å². The van der Waals surface area contributed by atoms with Crippen molar-refractivity contribution in [2.75, 3.05) is 10.6 Å². The number of nitrogens with zero attached hydrogens (tertiary/aromatic N) is 4. The summed E-state index contributed by atoms with van der Waals surface area (Å²) in [4.78, 5) is 38.3. The molecule has 0 aliphatic heterocycles. The lowest BCUT2D eigenvalue weighted by atomic mass is 10.1. The predicted octanol–water partition coefficient (Wildman–Crippen LogP) is 2.92. The van der Waals surface area contributed by atoms with Crippen molar-refractivity contribution >= 4 is 23.5 Å². The zero-order valence-corrected chi connectivity index (χ0v) is 18.3. The van der Waals surface area contributed by atoms with E-state index in [1.165, 1.54) is 10.1 Å². The lowest BCUT2D eigenvalue weighted by molar-refractivity contribution is -0.116. The minimum absolute atomic E-state index is 0.145. The van der Waals surface area contributed by atoms with E-state index in [0.29, 0.717) is 29.6 Å². The Labute approximate surface area is 184 Å². The molecule has 9 nitrogen and oxygen atoms in total. The number of fused-ring (bicyclic) bond motifs is 1. The summed E-state index contributed by atoms with van der Waals surface area (Å²) in [5.41, 5.74) is 3.89. The molecule has 0 fully saturated rings. The molecule has 4 rings (SSSR count). The number of hydrogen-bond acceptors (Lipinski definition) is 6. The molecule has 0 aliphatic rings. The quantitative estimate of drug-likeness (QED) is 0.414. The summed E-state index contributed by atoms with van der Waals surface area (Å²) in [5, 5.41) is 8.90. The molecule has 0 saturated carbocycles. The third-order valence-corrected chi connectivity index (χ3v) is 5.13. The average molecular weight is 432 g/mol. The molecule has 0 unspecified atom stereocenters.